The molecule has 5 nitrogen and oxygen atoms in total. The van der Waals surface area contributed by atoms with Crippen molar-refractivity contribution in [2.24, 2.45) is 0 Å². The maximum Gasteiger partial charge on any atom is 0.319 e. The van der Waals surface area contributed by atoms with E-state index in [9.17, 15) is 4.79 Å². The van der Waals surface area contributed by atoms with Gasteiger partial charge in [-0.2, -0.15) is 5.10 Å². The molecular formula is C19H24N4O. The average molecular weight is 324 g/mol. The lowest BCUT2D eigenvalue weighted by atomic mass is 10.2. The molecule has 0 aliphatic heterocycles. The van der Waals surface area contributed by atoms with Crippen molar-refractivity contribution in [3.8, 4) is 0 Å². The molecule has 1 aromatic carbocycles. The second-order valence-corrected chi connectivity index (χ2v) is 7.02. The molecule has 2 saturated carbocycles. The molecule has 2 N–H and O–H groups in total. The summed E-state index contributed by atoms with van der Waals surface area (Å²) in [4.78, 5) is 12.0. The summed E-state index contributed by atoms with van der Waals surface area (Å²) in [5.41, 5.74) is 4.56. The molecule has 1 heterocycles. The van der Waals surface area contributed by atoms with Gasteiger partial charge in [-0.3, -0.25) is 4.68 Å². The summed E-state index contributed by atoms with van der Waals surface area (Å²) in [7, 11) is 0. The third-order valence-electron chi connectivity index (χ3n) is 4.71. The highest BCUT2D eigenvalue weighted by Gasteiger charge is 2.32. The second-order valence-electron chi connectivity index (χ2n) is 7.02. The molecule has 126 valence electrons. The Morgan fingerprint density at radius 3 is 2.71 bits per heavy atom. The van der Waals surface area contributed by atoms with Crippen LogP contribution >= 0.6 is 0 Å². The molecule has 24 heavy (non-hydrogen) atoms. The number of carbonyl (C=O) groups is 1. The maximum atomic E-state index is 12.0. The summed E-state index contributed by atoms with van der Waals surface area (Å²) in [5, 5.41) is 10.6. The molecule has 2 amide bonds. The molecular weight excluding hydrogens is 300 g/mol. The Balaban J connectivity index is 1.31. The lowest BCUT2D eigenvalue weighted by Gasteiger charge is -2.10. The molecule has 2 aliphatic rings. The van der Waals surface area contributed by atoms with Crippen LogP contribution in [-0.4, -0.2) is 22.4 Å². The Labute approximate surface area is 142 Å². The van der Waals surface area contributed by atoms with Gasteiger partial charge in [-0.15, -0.1) is 0 Å². The summed E-state index contributed by atoms with van der Waals surface area (Å²) in [6.45, 7) is 3.33. The number of anilines is 1. The van der Waals surface area contributed by atoms with Gasteiger partial charge < -0.3 is 10.6 Å². The molecule has 0 saturated heterocycles. The van der Waals surface area contributed by atoms with Crippen molar-refractivity contribution in [2.45, 2.75) is 51.0 Å². The Kier molecular flexibility index (Phi) is 4.00. The van der Waals surface area contributed by atoms with Gasteiger partial charge in [0.2, 0.25) is 0 Å². The lowest BCUT2D eigenvalue weighted by molar-refractivity contribution is 0.251. The van der Waals surface area contributed by atoms with Gasteiger partial charge in [0, 0.05) is 29.8 Å². The minimum atomic E-state index is -0.164. The summed E-state index contributed by atoms with van der Waals surface area (Å²) in [5.74, 6) is 1.37. The largest absolute Gasteiger partial charge is 0.336 e. The predicted molar refractivity (Wildman–Crippen MR) is 94.4 cm³/mol. The first kappa shape index (κ1) is 15.2. The first-order valence-electron chi connectivity index (χ1n) is 8.88. The summed E-state index contributed by atoms with van der Waals surface area (Å²) >= 11 is 0. The summed E-state index contributed by atoms with van der Waals surface area (Å²) in [6.07, 6.45) is 5.10. The number of aryl methyl sites for hydroxylation is 1. The number of rotatable bonds is 6. The molecule has 0 bridgehead atoms. The van der Waals surface area contributed by atoms with Crippen LogP contribution in [-0.2, 0) is 6.54 Å². The molecule has 0 atom stereocenters. The van der Waals surface area contributed by atoms with Gasteiger partial charge in [-0.1, -0.05) is 12.1 Å². The molecule has 5 heteroatoms. The van der Waals surface area contributed by atoms with E-state index in [-0.39, 0.29) is 6.03 Å². The van der Waals surface area contributed by atoms with Crippen LogP contribution in [0.1, 0.15) is 54.5 Å². The van der Waals surface area contributed by atoms with Gasteiger partial charge >= 0.3 is 6.03 Å². The molecule has 0 unspecified atom stereocenters. The Bertz CT molecular complexity index is 744. The monoisotopic (exact) mass is 324 g/mol. The van der Waals surface area contributed by atoms with Gasteiger partial charge in [0.1, 0.15) is 0 Å². The van der Waals surface area contributed by atoms with Crippen LogP contribution in [0.5, 0.6) is 0 Å². The van der Waals surface area contributed by atoms with Crippen molar-refractivity contribution in [2.75, 3.05) is 11.9 Å². The van der Waals surface area contributed by atoms with E-state index in [4.69, 9.17) is 5.10 Å². The fourth-order valence-corrected chi connectivity index (χ4v) is 3.09. The lowest BCUT2D eigenvalue weighted by Crippen LogP contribution is -2.32. The summed E-state index contributed by atoms with van der Waals surface area (Å²) < 4.78 is 2.11. The number of aromatic nitrogens is 2. The zero-order valence-corrected chi connectivity index (χ0v) is 14.1. The topological polar surface area (TPSA) is 59.0 Å². The third kappa shape index (κ3) is 3.61. The van der Waals surface area contributed by atoms with Crippen LogP contribution in [0.4, 0.5) is 10.5 Å². The first-order valence-corrected chi connectivity index (χ1v) is 8.88. The smallest absolute Gasteiger partial charge is 0.319 e. The normalized spacial score (nSPS) is 16.9. The highest BCUT2D eigenvalue weighted by Crippen LogP contribution is 2.44. The quantitative estimate of drug-likeness (QED) is 0.850. The van der Waals surface area contributed by atoms with E-state index in [0.717, 1.165) is 17.8 Å². The Morgan fingerprint density at radius 2 is 2.00 bits per heavy atom. The van der Waals surface area contributed by atoms with Crippen LogP contribution in [0.3, 0.4) is 0 Å². The molecule has 1 aromatic heterocycles. The first-order chi connectivity index (χ1) is 11.7. The fraction of sp³-hybridized carbons (Fsp3) is 0.474. The van der Waals surface area contributed by atoms with Crippen molar-refractivity contribution >= 4 is 11.7 Å². The molecule has 2 aliphatic carbocycles. The van der Waals surface area contributed by atoms with Gasteiger partial charge in [-0.05, 0) is 56.4 Å². The molecule has 2 aromatic rings. The van der Waals surface area contributed by atoms with E-state index in [1.165, 1.54) is 37.1 Å². The highest BCUT2D eigenvalue weighted by molar-refractivity contribution is 5.89. The van der Waals surface area contributed by atoms with E-state index in [2.05, 4.69) is 21.4 Å². The van der Waals surface area contributed by atoms with Crippen LogP contribution in [0.2, 0.25) is 0 Å². The molecule has 2 fully saturated rings. The van der Waals surface area contributed by atoms with E-state index in [1.807, 2.05) is 31.2 Å². The van der Waals surface area contributed by atoms with Crippen molar-refractivity contribution in [1.29, 1.82) is 0 Å². The number of benzene rings is 1. The second kappa shape index (κ2) is 6.30. The number of nitrogens with one attached hydrogen (secondary N) is 2. The minimum absolute atomic E-state index is 0.164. The van der Waals surface area contributed by atoms with Crippen LogP contribution < -0.4 is 10.6 Å². The number of nitrogens with zero attached hydrogens (tertiary/aromatic N) is 2. The maximum absolute atomic E-state index is 12.0. The van der Waals surface area contributed by atoms with Crippen molar-refractivity contribution < 1.29 is 4.79 Å². The SMILES string of the molecule is Cc1cccc(NC(=O)NCCn2nc(C3CC3)cc2C2CC2)c1. The summed E-state index contributed by atoms with van der Waals surface area (Å²) in [6, 6.07) is 9.94. The number of urea groups is 1. The van der Waals surface area contributed by atoms with Crippen LogP contribution in [0.15, 0.2) is 30.3 Å². The Morgan fingerprint density at radius 1 is 1.21 bits per heavy atom. The average Bonchev–Trinajstić information content (AvgIpc) is 3.46. The number of amides is 2. The van der Waals surface area contributed by atoms with Gasteiger partial charge in [0.25, 0.3) is 0 Å². The van der Waals surface area contributed by atoms with Crippen LogP contribution in [0, 0.1) is 6.92 Å². The predicted octanol–water partition coefficient (Wildman–Crippen LogP) is 3.77. The van der Waals surface area contributed by atoms with Crippen molar-refractivity contribution in [1.82, 2.24) is 15.1 Å². The molecule has 4 rings (SSSR count). The zero-order valence-electron chi connectivity index (χ0n) is 14.1. The number of carbonyl (C=O) groups excluding carboxylic acids is 1. The van der Waals surface area contributed by atoms with Gasteiger partial charge in [0.15, 0.2) is 0 Å². The fourth-order valence-electron chi connectivity index (χ4n) is 3.09. The van der Waals surface area contributed by atoms with Gasteiger partial charge in [-0.25, -0.2) is 4.79 Å². The van der Waals surface area contributed by atoms with Crippen LogP contribution in [0.25, 0.3) is 0 Å². The zero-order chi connectivity index (χ0) is 16.5. The van der Waals surface area contributed by atoms with E-state index < -0.39 is 0 Å². The molecule has 0 spiro atoms. The number of hydrogen-bond donors (Lipinski definition) is 2. The van der Waals surface area contributed by atoms with E-state index in [0.29, 0.717) is 18.4 Å². The standard InChI is InChI=1S/C19H24N4O/c1-13-3-2-4-16(11-13)21-19(24)20-9-10-23-18(15-7-8-15)12-17(22-23)14-5-6-14/h2-4,11-12,14-15H,5-10H2,1H3,(H2,20,21,24). The van der Waals surface area contributed by atoms with Gasteiger partial charge in [0.05, 0.1) is 12.2 Å². The van der Waals surface area contributed by atoms with Crippen molar-refractivity contribution in [3.05, 3.63) is 47.3 Å². The third-order valence-corrected chi connectivity index (χ3v) is 4.71. The highest BCUT2D eigenvalue weighted by atomic mass is 16.2. The van der Waals surface area contributed by atoms with Crippen molar-refractivity contribution in [3.63, 3.8) is 0 Å². The minimum Gasteiger partial charge on any atom is -0.336 e. The molecule has 0 radical (unpaired) electrons. The number of hydrogen-bond acceptors (Lipinski definition) is 2. The Hall–Kier alpha value is -2.30. The van der Waals surface area contributed by atoms with E-state index >= 15 is 0 Å². The van der Waals surface area contributed by atoms with E-state index in [1.54, 1.807) is 0 Å².